The van der Waals surface area contributed by atoms with E-state index < -0.39 is 0 Å². The third-order valence-electron chi connectivity index (χ3n) is 5.31. The highest BCUT2D eigenvalue weighted by atomic mass is 35.5. The molecule has 144 valence electrons. The predicted molar refractivity (Wildman–Crippen MR) is 112 cm³/mol. The second-order valence-electron chi connectivity index (χ2n) is 6.89. The van der Waals surface area contributed by atoms with E-state index in [0.717, 1.165) is 28.8 Å². The lowest BCUT2D eigenvalue weighted by molar-refractivity contribution is 0.374. The SMILES string of the molecule is COc1cc(O)c([C@H]2C[C@H](c3ccc(Cl)cc3)Nc3ccccc32)c(OC)c1. The van der Waals surface area contributed by atoms with Crippen molar-refractivity contribution < 1.29 is 14.6 Å². The number of halogens is 1. The molecule has 0 unspecified atom stereocenters. The summed E-state index contributed by atoms with van der Waals surface area (Å²) in [6.07, 6.45) is 0.773. The third-order valence-corrected chi connectivity index (χ3v) is 5.56. The Balaban J connectivity index is 1.82. The lowest BCUT2D eigenvalue weighted by Crippen LogP contribution is -2.22. The van der Waals surface area contributed by atoms with Crippen molar-refractivity contribution in [3.05, 3.63) is 82.4 Å². The molecule has 0 aliphatic carbocycles. The Morgan fingerprint density at radius 2 is 1.75 bits per heavy atom. The number of fused-ring (bicyclic) bond motifs is 1. The van der Waals surface area contributed by atoms with Gasteiger partial charge in [-0.25, -0.2) is 0 Å². The van der Waals surface area contributed by atoms with Crippen LogP contribution in [-0.2, 0) is 0 Å². The maximum Gasteiger partial charge on any atom is 0.130 e. The maximum absolute atomic E-state index is 10.8. The average molecular weight is 396 g/mol. The fourth-order valence-corrected chi connectivity index (χ4v) is 4.08. The number of methoxy groups -OCH3 is 2. The molecule has 1 heterocycles. The number of hydrogen-bond acceptors (Lipinski definition) is 4. The molecule has 0 radical (unpaired) electrons. The van der Waals surface area contributed by atoms with E-state index in [9.17, 15) is 5.11 Å². The Kier molecular flexibility index (Phi) is 5.05. The summed E-state index contributed by atoms with van der Waals surface area (Å²) in [7, 11) is 3.19. The van der Waals surface area contributed by atoms with Crippen molar-refractivity contribution in [3.63, 3.8) is 0 Å². The number of phenols is 1. The van der Waals surface area contributed by atoms with Crippen molar-refractivity contribution in [2.75, 3.05) is 19.5 Å². The highest BCUT2D eigenvalue weighted by molar-refractivity contribution is 6.30. The Morgan fingerprint density at radius 3 is 2.46 bits per heavy atom. The molecule has 0 aromatic heterocycles. The molecule has 4 rings (SSSR count). The van der Waals surface area contributed by atoms with E-state index >= 15 is 0 Å². The van der Waals surface area contributed by atoms with E-state index in [4.69, 9.17) is 21.1 Å². The van der Waals surface area contributed by atoms with Crippen molar-refractivity contribution in [2.45, 2.75) is 18.4 Å². The molecule has 1 aliphatic heterocycles. The van der Waals surface area contributed by atoms with Gasteiger partial charge in [-0.15, -0.1) is 0 Å². The molecule has 4 nitrogen and oxygen atoms in total. The quantitative estimate of drug-likeness (QED) is 0.590. The zero-order valence-electron chi connectivity index (χ0n) is 15.8. The third kappa shape index (κ3) is 3.36. The van der Waals surface area contributed by atoms with Gasteiger partial charge in [0.2, 0.25) is 0 Å². The van der Waals surface area contributed by atoms with Crippen LogP contribution in [-0.4, -0.2) is 19.3 Å². The highest BCUT2D eigenvalue weighted by Gasteiger charge is 2.32. The molecule has 0 bridgehead atoms. The minimum absolute atomic E-state index is 0.0287. The van der Waals surface area contributed by atoms with Crippen molar-refractivity contribution >= 4 is 17.3 Å². The molecule has 28 heavy (non-hydrogen) atoms. The maximum atomic E-state index is 10.8. The molecule has 0 fully saturated rings. The number of rotatable bonds is 4. The molecule has 3 aromatic rings. The molecule has 0 saturated carbocycles. The average Bonchev–Trinajstić information content (AvgIpc) is 2.73. The van der Waals surface area contributed by atoms with Gasteiger partial charge in [0.25, 0.3) is 0 Å². The van der Waals surface area contributed by atoms with Gasteiger partial charge in [-0.2, -0.15) is 0 Å². The predicted octanol–water partition coefficient (Wildman–Crippen LogP) is 5.75. The molecular formula is C23H22ClNO3. The van der Waals surface area contributed by atoms with Gasteiger partial charge in [0.1, 0.15) is 17.2 Å². The number of anilines is 1. The number of ether oxygens (including phenoxy) is 2. The van der Waals surface area contributed by atoms with Crippen LogP contribution < -0.4 is 14.8 Å². The lowest BCUT2D eigenvalue weighted by atomic mass is 9.79. The number of benzene rings is 3. The topological polar surface area (TPSA) is 50.7 Å². The minimum Gasteiger partial charge on any atom is -0.507 e. The highest BCUT2D eigenvalue weighted by Crippen LogP contribution is 2.49. The van der Waals surface area contributed by atoms with E-state index in [0.29, 0.717) is 16.5 Å². The Hall–Kier alpha value is -2.85. The van der Waals surface area contributed by atoms with Gasteiger partial charge in [0, 0.05) is 34.3 Å². The molecule has 0 saturated heterocycles. The fourth-order valence-electron chi connectivity index (χ4n) is 3.95. The number of aromatic hydroxyl groups is 1. The number of hydrogen-bond donors (Lipinski definition) is 2. The summed E-state index contributed by atoms with van der Waals surface area (Å²) < 4.78 is 10.9. The van der Waals surface area contributed by atoms with Gasteiger partial charge in [-0.05, 0) is 35.7 Å². The zero-order valence-corrected chi connectivity index (χ0v) is 16.5. The zero-order chi connectivity index (χ0) is 19.7. The van der Waals surface area contributed by atoms with Gasteiger partial charge in [0.05, 0.1) is 20.3 Å². The summed E-state index contributed by atoms with van der Waals surface area (Å²) in [5, 5.41) is 15.1. The second kappa shape index (κ2) is 7.64. The van der Waals surface area contributed by atoms with Crippen LogP contribution in [0.15, 0.2) is 60.7 Å². The summed E-state index contributed by atoms with van der Waals surface area (Å²) >= 11 is 6.06. The molecule has 0 spiro atoms. The normalized spacial score (nSPS) is 18.1. The first-order chi connectivity index (χ1) is 13.6. The molecule has 2 atom stereocenters. The first-order valence-corrected chi connectivity index (χ1v) is 9.54. The Morgan fingerprint density at radius 1 is 1.00 bits per heavy atom. The molecular weight excluding hydrogens is 374 g/mol. The van der Waals surface area contributed by atoms with Crippen LogP contribution in [0.2, 0.25) is 5.02 Å². The number of phenolic OH excluding ortho intramolecular Hbond substituents is 1. The van der Waals surface area contributed by atoms with Crippen LogP contribution in [0.4, 0.5) is 5.69 Å². The van der Waals surface area contributed by atoms with Gasteiger partial charge in [0.15, 0.2) is 0 Å². The van der Waals surface area contributed by atoms with E-state index in [1.54, 1.807) is 20.3 Å². The standard InChI is InChI=1S/C23H22ClNO3/c1-27-16-11-21(26)23(22(12-16)28-2)18-13-20(14-7-9-15(24)10-8-14)25-19-6-4-3-5-17(18)19/h3-12,18,20,25-26H,13H2,1-2H3/t18-,20+/m0/s1. The summed E-state index contributed by atoms with van der Waals surface area (Å²) in [4.78, 5) is 0. The Labute approximate surface area is 169 Å². The Bertz CT molecular complexity index is 988. The smallest absolute Gasteiger partial charge is 0.130 e. The van der Waals surface area contributed by atoms with Crippen LogP contribution in [0, 0.1) is 0 Å². The van der Waals surface area contributed by atoms with Crippen molar-refractivity contribution in [3.8, 4) is 17.2 Å². The molecule has 5 heteroatoms. The largest absolute Gasteiger partial charge is 0.507 e. The monoisotopic (exact) mass is 395 g/mol. The first-order valence-electron chi connectivity index (χ1n) is 9.16. The van der Waals surface area contributed by atoms with Crippen LogP contribution in [0.1, 0.15) is 35.1 Å². The van der Waals surface area contributed by atoms with Crippen molar-refractivity contribution in [2.24, 2.45) is 0 Å². The van der Waals surface area contributed by atoms with Crippen LogP contribution in [0.5, 0.6) is 17.2 Å². The van der Waals surface area contributed by atoms with E-state index in [2.05, 4.69) is 17.4 Å². The first kappa shape index (κ1) is 18.5. The van der Waals surface area contributed by atoms with Crippen LogP contribution >= 0.6 is 11.6 Å². The van der Waals surface area contributed by atoms with E-state index in [1.165, 1.54) is 0 Å². The molecule has 1 aliphatic rings. The summed E-state index contributed by atoms with van der Waals surface area (Å²) in [6, 6.07) is 19.6. The number of nitrogens with one attached hydrogen (secondary N) is 1. The van der Waals surface area contributed by atoms with Crippen molar-refractivity contribution in [1.29, 1.82) is 0 Å². The molecule has 2 N–H and O–H groups in total. The minimum atomic E-state index is -0.0287. The van der Waals surface area contributed by atoms with Gasteiger partial charge >= 0.3 is 0 Å². The second-order valence-corrected chi connectivity index (χ2v) is 7.32. The summed E-state index contributed by atoms with van der Waals surface area (Å²) in [5.41, 5.74) is 4.11. The van der Waals surface area contributed by atoms with Crippen LogP contribution in [0.25, 0.3) is 0 Å². The van der Waals surface area contributed by atoms with Gasteiger partial charge in [-0.3, -0.25) is 0 Å². The number of para-hydroxylation sites is 1. The van der Waals surface area contributed by atoms with Crippen molar-refractivity contribution in [1.82, 2.24) is 0 Å². The summed E-state index contributed by atoms with van der Waals surface area (Å²) in [6.45, 7) is 0. The van der Waals surface area contributed by atoms with Gasteiger partial charge in [-0.1, -0.05) is 41.9 Å². The van der Waals surface area contributed by atoms with Crippen LogP contribution in [0.3, 0.4) is 0 Å². The summed E-state index contributed by atoms with van der Waals surface area (Å²) in [5.74, 6) is 1.33. The lowest BCUT2D eigenvalue weighted by Gasteiger charge is -2.34. The van der Waals surface area contributed by atoms with Gasteiger partial charge < -0.3 is 19.9 Å². The molecule has 3 aromatic carbocycles. The van der Waals surface area contributed by atoms with E-state index in [-0.39, 0.29) is 17.7 Å². The van der Waals surface area contributed by atoms with E-state index in [1.807, 2.05) is 42.5 Å². The molecule has 0 amide bonds. The fraction of sp³-hybridized carbons (Fsp3) is 0.217.